The Kier molecular flexibility index (Phi) is 5.77. The molecule has 4 aromatic rings. The van der Waals surface area contributed by atoms with E-state index in [-0.39, 0.29) is 12.0 Å². The first-order valence-corrected chi connectivity index (χ1v) is 11.3. The van der Waals surface area contributed by atoms with Crippen molar-refractivity contribution in [3.63, 3.8) is 0 Å². The van der Waals surface area contributed by atoms with Gasteiger partial charge in [-0.15, -0.1) is 0 Å². The van der Waals surface area contributed by atoms with Gasteiger partial charge in [-0.3, -0.25) is 9.78 Å². The maximum atomic E-state index is 12.7. The third-order valence-corrected chi connectivity index (χ3v) is 6.49. The second-order valence-corrected chi connectivity index (χ2v) is 8.50. The summed E-state index contributed by atoms with van der Waals surface area (Å²) in [7, 11) is 0. The molecule has 0 N–H and O–H groups in total. The molecular weight excluding hydrogens is 414 g/mol. The summed E-state index contributed by atoms with van der Waals surface area (Å²) < 4.78 is 8.62. The van der Waals surface area contributed by atoms with Crippen LogP contribution in [0.15, 0.2) is 61.2 Å². The van der Waals surface area contributed by atoms with Gasteiger partial charge in [-0.1, -0.05) is 30.3 Å². The van der Waals surface area contributed by atoms with Crippen LogP contribution in [0.25, 0.3) is 11.0 Å². The summed E-state index contributed by atoms with van der Waals surface area (Å²) in [5, 5.41) is 0.973. The number of rotatable bonds is 5. The van der Waals surface area contributed by atoms with Crippen LogP contribution in [0.1, 0.15) is 40.0 Å². The fraction of sp³-hybridized carbons (Fsp3) is 0.308. The Hall–Kier alpha value is -3.74. The van der Waals surface area contributed by atoms with Crippen LogP contribution >= 0.6 is 0 Å². The Morgan fingerprint density at radius 2 is 1.76 bits per heavy atom. The fourth-order valence-electron chi connectivity index (χ4n) is 4.50. The van der Waals surface area contributed by atoms with Crippen LogP contribution in [0.4, 0.5) is 0 Å². The first kappa shape index (κ1) is 21.1. The molecule has 0 bridgehead atoms. The minimum Gasteiger partial charge on any atom is -0.474 e. The van der Waals surface area contributed by atoms with E-state index >= 15 is 0 Å². The molecule has 0 atom stereocenters. The van der Waals surface area contributed by atoms with Gasteiger partial charge in [0.15, 0.2) is 0 Å². The third-order valence-electron chi connectivity index (χ3n) is 6.49. The summed E-state index contributed by atoms with van der Waals surface area (Å²) in [5.74, 6) is 0.677. The highest BCUT2D eigenvalue weighted by Crippen LogP contribution is 2.32. The number of aromatic nitrogens is 4. The smallest absolute Gasteiger partial charge is 0.253 e. The molecule has 1 amide bonds. The Bertz CT molecular complexity index is 1260. The molecule has 1 aromatic carbocycles. The van der Waals surface area contributed by atoms with Crippen molar-refractivity contribution in [1.82, 2.24) is 24.4 Å². The largest absolute Gasteiger partial charge is 0.474 e. The monoisotopic (exact) mass is 441 g/mol. The molecule has 7 heteroatoms. The van der Waals surface area contributed by atoms with Crippen LogP contribution in [0, 0.1) is 13.8 Å². The van der Waals surface area contributed by atoms with Gasteiger partial charge in [0.1, 0.15) is 18.1 Å². The highest BCUT2D eigenvalue weighted by atomic mass is 16.5. The van der Waals surface area contributed by atoms with Gasteiger partial charge in [0.05, 0.1) is 5.39 Å². The molecule has 0 aliphatic carbocycles. The van der Waals surface area contributed by atoms with Crippen LogP contribution in [-0.4, -0.2) is 49.5 Å². The average molecular weight is 442 g/mol. The maximum Gasteiger partial charge on any atom is 0.253 e. The number of carbonyl (C=O) groups is 1. The van der Waals surface area contributed by atoms with E-state index in [1.807, 2.05) is 11.0 Å². The average Bonchev–Trinajstić information content (AvgIpc) is 3.11. The zero-order valence-corrected chi connectivity index (χ0v) is 18.9. The zero-order chi connectivity index (χ0) is 22.8. The number of benzene rings is 1. The number of piperidine rings is 1. The summed E-state index contributed by atoms with van der Waals surface area (Å²) in [5.41, 5.74) is 5.10. The van der Waals surface area contributed by atoms with Crippen LogP contribution in [0.3, 0.4) is 0 Å². The predicted octanol–water partition coefficient (Wildman–Crippen LogP) is 4.18. The zero-order valence-electron chi connectivity index (χ0n) is 18.9. The van der Waals surface area contributed by atoms with Gasteiger partial charge in [0, 0.05) is 56.1 Å². The first-order chi connectivity index (χ1) is 16.1. The summed E-state index contributed by atoms with van der Waals surface area (Å²) in [6.45, 7) is 6.29. The van der Waals surface area contributed by atoms with Crippen LogP contribution < -0.4 is 4.74 Å². The Morgan fingerprint density at radius 1 is 1.03 bits per heavy atom. The highest BCUT2D eigenvalue weighted by Gasteiger charge is 2.26. The number of ether oxygens (including phenoxy) is 1. The fourth-order valence-corrected chi connectivity index (χ4v) is 4.50. The van der Waals surface area contributed by atoms with Crippen LogP contribution in [0.2, 0.25) is 0 Å². The standard InChI is InChI=1S/C26H27N5O2/c1-18-19(2)31(16-20-6-4-3-5-7-20)24-23(18)25(29-17-28-24)33-22-10-14-30(15-11-22)26(32)21-8-12-27-13-9-21/h3-9,12-13,17,22H,10-11,14-16H2,1-2H3. The van der Waals surface area contributed by atoms with Gasteiger partial charge >= 0.3 is 0 Å². The Labute approximate surface area is 193 Å². The van der Waals surface area contributed by atoms with E-state index < -0.39 is 0 Å². The van der Waals surface area contributed by atoms with Gasteiger partial charge in [-0.05, 0) is 37.1 Å². The van der Waals surface area contributed by atoms with Crippen molar-refractivity contribution in [2.24, 2.45) is 0 Å². The number of hydrogen-bond donors (Lipinski definition) is 0. The molecule has 1 aliphatic rings. The molecule has 5 rings (SSSR count). The molecule has 0 spiro atoms. The second-order valence-electron chi connectivity index (χ2n) is 8.50. The molecule has 3 aromatic heterocycles. The molecular formula is C26H27N5O2. The van der Waals surface area contributed by atoms with Crippen molar-refractivity contribution in [3.8, 4) is 5.88 Å². The van der Waals surface area contributed by atoms with Crippen molar-refractivity contribution in [2.75, 3.05) is 13.1 Å². The van der Waals surface area contributed by atoms with Gasteiger partial charge in [-0.2, -0.15) is 0 Å². The van der Waals surface area contributed by atoms with E-state index in [0.717, 1.165) is 41.7 Å². The molecule has 4 heterocycles. The minimum atomic E-state index is 0.0155. The Morgan fingerprint density at radius 3 is 2.48 bits per heavy atom. The quantitative estimate of drug-likeness (QED) is 0.465. The lowest BCUT2D eigenvalue weighted by Gasteiger charge is -2.32. The highest BCUT2D eigenvalue weighted by molar-refractivity contribution is 5.94. The third kappa shape index (κ3) is 4.18. The van der Waals surface area contributed by atoms with E-state index in [4.69, 9.17) is 4.74 Å². The topological polar surface area (TPSA) is 73.1 Å². The molecule has 33 heavy (non-hydrogen) atoms. The normalized spacial score (nSPS) is 14.5. The SMILES string of the molecule is Cc1c(C)n(Cc2ccccc2)c2ncnc(OC3CCN(C(=O)c4ccncc4)CC3)c12. The molecule has 0 radical (unpaired) electrons. The van der Waals surface area contributed by atoms with E-state index in [2.05, 4.69) is 57.6 Å². The van der Waals surface area contributed by atoms with Gasteiger partial charge in [-0.25, -0.2) is 9.97 Å². The van der Waals surface area contributed by atoms with Crippen molar-refractivity contribution >= 4 is 16.9 Å². The molecule has 0 unspecified atom stereocenters. The lowest BCUT2D eigenvalue weighted by atomic mass is 10.1. The molecule has 1 saturated heterocycles. The lowest BCUT2D eigenvalue weighted by Crippen LogP contribution is -2.41. The molecule has 1 aliphatic heterocycles. The van der Waals surface area contributed by atoms with Crippen molar-refractivity contribution in [3.05, 3.63) is 83.6 Å². The van der Waals surface area contributed by atoms with Gasteiger partial charge < -0.3 is 14.2 Å². The minimum absolute atomic E-state index is 0.0155. The van der Waals surface area contributed by atoms with E-state index in [1.165, 1.54) is 5.56 Å². The van der Waals surface area contributed by atoms with E-state index in [9.17, 15) is 4.79 Å². The number of fused-ring (bicyclic) bond motifs is 1. The molecule has 1 fully saturated rings. The summed E-state index contributed by atoms with van der Waals surface area (Å²) in [6, 6.07) is 13.9. The number of carbonyl (C=O) groups excluding carboxylic acids is 1. The summed E-state index contributed by atoms with van der Waals surface area (Å²) in [6.07, 6.45) is 6.44. The summed E-state index contributed by atoms with van der Waals surface area (Å²) >= 11 is 0. The number of likely N-dealkylation sites (tertiary alicyclic amines) is 1. The number of aryl methyl sites for hydroxylation is 1. The predicted molar refractivity (Wildman–Crippen MR) is 126 cm³/mol. The van der Waals surface area contributed by atoms with Gasteiger partial charge in [0.25, 0.3) is 5.91 Å². The molecule has 0 saturated carbocycles. The molecule has 7 nitrogen and oxygen atoms in total. The Balaban J connectivity index is 1.33. The van der Waals surface area contributed by atoms with Crippen LogP contribution in [0.5, 0.6) is 5.88 Å². The van der Waals surface area contributed by atoms with Gasteiger partial charge in [0.2, 0.25) is 5.88 Å². The van der Waals surface area contributed by atoms with E-state index in [0.29, 0.717) is 24.5 Å². The number of hydrogen-bond acceptors (Lipinski definition) is 5. The summed E-state index contributed by atoms with van der Waals surface area (Å²) in [4.78, 5) is 27.7. The second kappa shape index (κ2) is 9.02. The van der Waals surface area contributed by atoms with E-state index in [1.54, 1.807) is 30.9 Å². The number of amides is 1. The van der Waals surface area contributed by atoms with Crippen molar-refractivity contribution < 1.29 is 9.53 Å². The van der Waals surface area contributed by atoms with Crippen molar-refractivity contribution in [2.45, 2.75) is 39.3 Å². The molecule has 168 valence electrons. The number of nitrogens with zero attached hydrogens (tertiary/aromatic N) is 5. The number of pyridine rings is 1. The van der Waals surface area contributed by atoms with Crippen LogP contribution in [-0.2, 0) is 6.54 Å². The van der Waals surface area contributed by atoms with Crippen molar-refractivity contribution in [1.29, 1.82) is 0 Å². The maximum absolute atomic E-state index is 12.7. The lowest BCUT2D eigenvalue weighted by molar-refractivity contribution is 0.0590. The first-order valence-electron chi connectivity index (χ1n) is 11.3.